The van der Waals surface area contributed by atoms with Gasteiger partial charge in [0.2, 0.25) is 0 Å². The first-order chi connectivity index (χ1) is 36.5. The number of fused-ring (bicyclic) bond motifs is 6. The summed E-state index contributed by atoms with van der Waals surface area (Å²) < 4.78 is 94.8. The van der Waals surface area contributed by atoms with Gasteiger partial charge >= 0.3 is 12.4 Å². The summed E-state index contributed by atoms with van der Waals surface area (Å²) in [5.41, 5.74) is 11.0. The van der Waals surface area contributed by atoms with Gasteiger partial charge in [0.15, 0.2) is 0 Å². The van der Waals surface area contributed by atoms with Gasteiger partial charge in [0.25, 0.3) is 0 Å². The van der Waals surface area contributed by atoms with E-state index in [1.165, 1.54) is 0 Å². The number of nitrogens with zero attached hydrogens (tertiary/aromatic N) is 3. The Kier molecular flexibility index (Phi) is 11.4. The largest absolute Gasteiger partial charge is 0.417 e. The van der Waals surface area contributed by atoms with Crippen LogP contribution in [0.5, 0.6) is 0 Å². The van der Waals surface area contributed by atoms with Crippen LogP contribution in [0.1, 0.15) is 38.9 Å². The Morgan fingerprint density at radius 1 is 0.342 bits per heavy atom. The average molecular weight is 1010 g/mol. The number of aryl methyl sites for hydroxylation is 4. The molecule has 3 nitrogen and oxygen atoms in total. The summed E-state index contributed by atoms with van der Waals surface area (Å²) in [6, 6.07) is 63.7. The summed E-state index contributed by atoms with van der Waals surface area (Å²) in [4.78, 5) is 0. The van der Waals surface area contributed by atoms with Crippen LogP contribution in [0, 0.1) is 39.0 Å². The molecule has 0 amide bonds. The highest BCUT2D eigenvalue weighted by Gasteiger charge is 2.39. The predicted molar refractivity (Wildman–Crippen MR) is 296 cm³/mol. The third-order valence-corrected chi connectivity index (χ3v) is 14.6. The first kappa shape index (κ1) is 47.8. The molecule has 10 aromatic carbocycles. The normalized spacial score (nSPS) is 12.1. The topological polar surface area (TPSA) is 33.6 Å². The van der Waals surface area contributed by atoms with E-state index in [-0.39, 0.29) is 28.6 Å². The number of aromatic nitrogens is 2. The maximum atomic E-state index is 15.8. The number of rotatable bonds is 7. The number of hydrogen-bond donors (Lipinski definition) is 0. The molecule has 0 saturated carbocycles. The molecule has 0 aliphatic heterocycles. The van der Waals surface area contributed by atoms with Crippen molar-refractivity contribution in [1.29, 1.82) is 5.26 Å². The van der Waals surface area contributed by atoms with Crippen molar-refractivity contribution in [3.63, 3.8) is 0 Å². The van der Waals surface area contributed by atoms with Crippen LogP contribution >= 0.6 is 0 Å². The first-order valence-electron chi connectivity index (χ1n) is 24.8. The molecule has 9 heteroatoms. The summed E-state index contributed by atoms with van der Waals surface area (Å²) in [7, 11) is 0. The summed E-state index contributed by atoms with van der Waals surface area (Å²) in [6.45, 7) is 8.01. The van der Waals surface area contributed by atoms with Crippen LogP contribution < -0.4 is 0 Å². The van der Waals surface area contributed by atoms with Gasteiger partial charge in [0, 0.05) is 27.1 Å². The molecular weight excluding hydrogens is 961 g/mol. The van der Waals surface area contributed by atoms with E-state index in [4.69, 9.17) is 0 Å². The molecular formula is C67H45F6N3. The van der Waals surface area contributed by atoms with Crippen molar-refractivity contribution in [2.24, 2.45) is 0 Å². The molecule has 0 fully saturated rings. The van der Waals surface area contributed by atoms with Crippen molar-refractivity contribution >= 4 is 43.6 Å². The molecule has 0 radical (unpaired) electrons. The van der Waals surface area contributed by atoms with E-state index in [0.29, 0.717) is 28.1 Å². The molecule has 0 N–H and O–H groups in total. The van der Waals surface area contributed by atoms with Gasteiger partial charge < -0.3 is 9.13 Å². The average Bonchev–Trinajstić information content (AvgIpc) is 3.92. The van der Waals surface area contributed by atoms with Crippen molar-refractivity contribution in [1.82, 2.24) is 9.13 Å². The Labute approximate surface area is 434 Å². The Morgan fingerprint density at radius 2 is 0.697 bits per heavy atom. The Morgan fingerprint density at radius 3 is 1.03 bits per heavy atom. The van der Waals surface area contributed by atoms with Gasteiger partial charge in [-0.15, -0.1) is 0 Å². The van der Waals surface area contributed by atoms with Crippen molar-refractivity contribution in [2.75, 3.05) is 0 Å². The monoisotopic (exact) mass is 1010 g/mol. The van der Waals surface area contributed by atoms with Gasteiger partial charge in [-0.25, -0.2) is 0 Å². The molecule has 2 aromatic heterocycles. The van der Waals surface area contributed by atoms with Crippen LogP contribution in [0.25, 0.3) is 111 Å². The lowest BCUT2D eigenvalue weighted by atomic mass is 9.93. The zero-order valence-electron chi connectivity index (χ0n) is 41.7. The molecule has 2 heterocycles. The minimum Gasteiger partial charge on any atom is -0.309 e. The molecule has 0 atom stereocenters. The van der Waals surface area contributed by atoms with Gasteiger partial charge in [-0.2, -0.15) is 31.6 Å². The van der Waals surface area contributed by atoms with Crippen molar-refractivity contribution in [3.8, 4) is 73.1 Å². The lowest BCUT2D eigenvalue weighted by molar-refractivity contribution is -0.142. The van der Waals surface area contributed by atoms with Crippen LogP contribution in [0.3, 0.4) is 0 Å². The fraction of sp³-hybridized carbons (Fsp3) is 0.0896. The number of halogens is 6. The smallest absolute Gasteiger partial charge is 0.309 e. The minimum absolute atomic E-state index is 0.0320. The Hall–Kier alpha value is -9.13. The van der Waals surface area contributed by atoms with Crippen LogP contribution in [0.2, 0.25) is 0 Å². The summed E-state index contributed by atoms with van der Waals surface area (Å²) in [5.74, 6) is 0. The fourth-order valence-electron chi connectivity index (χ4n) is 11.0. The molecule has 0 aliphatic carbocycles. The molecule has 76 heavy (non-hydrogen) atoms. The van der Waals surface area contributed by atoms with E-state index in [2.05, 4.69) is 30.3 Å². The van der Waals surface area contributed by atoms with E-state index >= 15 is 13.2 Å². The first-order valence-corrected chi connectivity index (χ1v) is 24.8. The molecule has 0 aliphatic rings. The number of benzene rings is 10. The third kappa shape index (κ3) is 8.36. The second-order valence-electron chi connectivity index (χ2n) is 19.8. The lowest BCUT2D eigenvalue weighted by Crippen LogP contribution is -2.13. The van der Waals surface area contributed by atoms with Gasteiger partial charge in [-0.1, -0.05) is 174 Å². The van der Waals surface area contributed by atoms with Gasteiger partial charge in [0.1, 0.15) is 6.07 Å². The summed E-state index contributed by atoms with van der Waals surface area (Å²) in [6.07, 6.45) is -10.3. The van der Waals surface area contributed by atoms with E-state index < -0.39 is 29.0 Å². The van der Waals surface area contributed by atoms with Crippen LogP contribution in [0.15, 0.2) is 200 Å². The standard InChI is InChI=1S/C67H45F6N3/c1-39-9-5-13-43(27-39)47-17-22-54-55-23-18-48(44-14-6-10-40(2)28-44)32-62(55)75(61(54)31-47)60-37-58(53-26-21-52(66(68,69)70)36-59(53)67(71,72)73)65(35-51(60)38-74)76-63-33-49(45-15-7-11-41(3)29-45)19-24-56(63)57-25-20-50(34-64(57)76)46-16-8-12-42(4)30-46/h5-37H,1-4H3. The summed E-state index contributed by atoms with van der Waals surface area (Å²) >= 11 is 0. The van der Waals surface area contributed by atoms with Crippen LogP contribution in [-0.4, -0.2) is 9.13 Å². The number of alkyl halides is 6. The van der Waals surface area contributed by atoms with Gasteiger partial charge in [-0.05, 0) is 126 Å². The number of hydrogen-bond acceptors (Lipinski definition) is 1. The number of nitriles is 1. The maximum Gasteiger partial charge on any atom is 0.417 e. The van der Waals surface area contributed by atoms with Crippen molar-refractivity contribution < 1.29 is 26.3 Å². The maximum absolute atomic E-state index is 15.8. The fourth-order valence-corrected chi connectivity index (χ4v) is 11.0. The van der Waals surface area contributed by atoms with E-state index in [1.807, 2.05) is 182 Å². The summed E-state index contributed by atoms with van der Waals surface area (Å²) in [5, 5.41) is 14.8. The van der Waals surface area contributed by atoms with Crippen LogP contribution in [0.4, 0.5) is 26.3 Å². The quantitative estimate of drug-likeness (QED) is 0.147. The third-order valence-electron chi connectivity index (χ3n) is 14.6. The van der Waals surface area contributed by atoms with Crippen LogP contribution in [-0.2, 0) is 12.4 Å². The SMILES string of the molecule is Cc1cccc(-c2ccc3c4ccc(-c5cccc(C)c5)cc4n(-c4cc(-c5ccc(C(F)(F)F)cc5C(F)(F)F)c(-n5c6cc(-c7cccc(C)c7)ccc6c6ccc(-c7cccc(C)c7)cc65)cc4C#N)c3c2)c1. The van der Waals surface area contributed by atoms with E-state index in [1.54, 1.807) is 12.1 Å². The molecule has 12 aromatic rings. The zero-order chi connectivity index (χ0) is 52.8. The molecule has 12 rings (SSSR count). The van der Waals surface area contributed by atoms with Gasteiger partial charge in [0.05, 0.1) is 50.1 Å². The highest BCUT2D eigenvalue weighted by Crippen LogP contribution is 2.47. The second kappa shape index (κ2) is 18.1. The molecule has 0 unspecified atom stereocenters. The minimum atomic E-state index is -5.24. The van der Waals surface area contributed by atoms with E-state index in [9.17, 15) is 18.4 Å². The van der Waals surface area contributed by atoms with E-state index in [0.717, 1.165) is 94.4 Å². The molecule has 370 valence electrons. The molecule has 0 bridgehead atoms. The second-order valence-corrected chi connectivity index (χ2v) is 19.8. The Bertz CT molecular complexity index is 4180. The van der Waals surface area contributed by atoms with Gasteiger partial charge in [-0.3, -0.25) is 0 Å². The predicted octanol–water partition coefficient (Wildman–Crippen LogP) is 19.4. The lowest BCUT2D eigenvalue weighted by Gasteiger charge is -2.22. The molecule has 0 spiro atoms. The highest BCUT2D eigenvalue weighted by molar-refractivity contribution is 6.13. The van der Waals surface area contributed by atoms with Crippen molar-refractivity contribution in [3.05, 3.63) is 239 Å². The Balaban J connectivity index is 1.24. The molecule has 0 saturated heterocycles. The van der Waals surface area contributed by atoms with Crippen molar-refractivity contribution in [2.45, 2.75) is 40.0 Å². The zero-order valence-corrected chi connectivity index (χ0v) is 41.7. The highest BCUT2D eigenvalue weighted by atomic mass is 19.4.